The molecular weight excluding hydrogens is 349 g/mol. The largest absolute Gasteiger partial charge is 0.320 e. The Morgan fingerprint density at radius 1 is 0.880 bits per heavy atom. The van der Waals surface area contributed by atoms with Crippen molar-refractivity contribution in [3.63, 3.8) is 0 Å². The number of amides is 1. The highest BCUT2D eigenvalue weighted by Crippen LogP contribution is 2.27. The van der Waals surface area contributed by atoms with Gasteiger partial charge in [-0.3, -0.25) is 9.69 Å². The SMILES string of the molecule is O=CCCN1CCN(CC(=O)Nc2c(F)c(F)c(F)c(F)c2F)CC1. The Hall–Kier alpha value is -2.07. The van der Waals surface area contributed by atoms with Crippen LogP contribution < -0.4 is 5.32 Å². The fourth-order valence-corrected chi connectivity index (χ4v) is 2.50. The van der Waals surface area contributed by atoms with E-state index < -0.39 is 40.7 Å². The predicted octanol–water partition coefficient (Wildman–Crippen LogP) is 1.53. The summed E-state index contributed by atoms with van der Waals surface area (Å²) in [5, 5.41) is 1.74. The van der Waals surface area contributed by atoms with E-state index >= 15 is 0 Å². The summed E-state index contributed by atoms with van der Waals surface area (Å²) in [5.41, 5.74) is -1.36. The molecule has 1 fully saturated rings. The first-order valence-electron chi connectivity index (χ1n) is 7.54. The summed E-state index contributed by atoms with van der Waals surface area (Å²) in [7, 11) is 0. The number of aldehydes is 1. The molecule has 0 bridgehead atoms. The van der Waals surface area contributed by atoms with Crippen molar-refractivity contribution < 1.29 is 31.5 Å². The van der Waals surface area contributed by atoms with E-state index in [0.717, 1.165) is 6.29 Å². The number of halogens is 5. The normalized spacial score (nSPS) is 16.0. The Morgan fingerprint density at radius 2 is 1.36 bits per heavy atom. The van der Waals surface area contributed by atoms with Gasteiger partial charge in [-0.2, -0.15) is 0 Å². The second kappa shape index (κ2) is 8.34. The Bertz CT molecular complexity index is 634. The summed E-state index contributed by atoms with van der Waals surface area (Å²) in [6.45, 7) is 2.51. The number of hydrogen-bond acceptors (Lipinski definition) is 4. The first-order valence-corrected chi connectivity index (χ1v) is 7.54. The number of rotatable bonds is 6. The lowest BCUT2D eigenvalue weighted by Crippen LogP contribution is -2.48. The molecule has 25 heavy (non-hydrogen) atoms. The van der Waals surface area contributed by atoms with E-state index in [1.807, 2.05) is 4.90 Å². The van der Waals surface area contributed by atoms with Gasteiger partial charge in [0.25, 0.3) is 0 Å². The Labute approximate surface area is 140 Å². The number of piperazine rings is 1. The molecule has 0 spiro atoms. The molecular formula is C15H16F5N3O2. The number of benzene rings is 1. The predicted molar refractivity (Wildman–Crippen MR) is 78.4 cm³/mol. The molecule has 1 aromatic rings. The standard InChI is InChI=1S/C15H16F5N3O2/c16-10-11(17)13(19)15(14(20)12(10)18)21-9(25)8-23-5-3-22(4-6-23)2-1-7-24/h7H,1-6,8H2,(H,21,25). The minimum Gasteiger partial charge on any atom is -0.320 e. The van der Waals surface area contributed by atoms with Crippen molar-refractivity contribution >= 4 is 17.9 Å². The number of carbonyl (C=O) groups is 2. The van der Waals surface area contributed by atoms with E-state index in [-0.39, 0.29) is 6.54 Å². The highest BCUT2D eigenvalue weighted by atomic mass is 19.2. The monoisotopic (exact) mass is 365 g/mol. The van der Waals surface area contributed by atoms with Crippen LogP contribution in [0.2, 0.25) is 0 Å². The zero-order chi connectivity index (χ0) is 18.6. The fourth-order valence-electron chi connectivity index (χ4n) is 2.50. The van der Waals surface area contributed by atoms with Crippen molar-refractivity contribution in [2.24, 2.45) is 0 Å². The van der Waals surface area contributed by atoms with E-state index in [1.165, 1.54) is 0 Å². The van der Waals surface area contributed by atoms with Crippen LogP contribution in [0, 0.1) is 29.1 Å². The number of anilines is 1. The zero-order valence-electron chi connectivity index (χ0n) is 13.1. The zero-order valence-corrected chi connectivity index (χ0v) is 13.1. The average molecular weight is 365 g/mol. The van der Waals surface area contributed by atoms with Crippen molar-refractivity contribution in [1.29, 1.82) is 0 Å². The number of nitrogens with zero attached hydrogens (tertiary/aromatic N) is 2. The third kappa shape index (κ3) is 4.51. The van der Waals surface area contributed by atoms with Gasteiger partial charge in [0.05, 0.1) is 6.54 Å². The van der Waals surface area contributed by atoms with Gasteiger partial charge in [0.2, 0.25) is 11.7 Å². The minimum absolute atomic E-state index is 0.249. The number of carbonyl (C=O) groups excluding carboxylic acids is 2. The summed E-state index contributed by atoms with van der Waals surface area (Å²) in [4.78, 5) is 25.9. The van der Waals surface area contributed by atoms with Crippen LogP contribution in [0.5, 0.6) is 0 Å². The molecule has 1 amide bonds. The maximum atomic E-state index is 13.5. The number of hydrogen-bond donors (Lipinski definition) is 1. The first-order chi connectivity index (χ1) is 11.8. The molecule has 0 aliphatic carbocycles. The minimum atomic E-state index is -2.28. The van der Waals surface area contributed by atoms with Crippen molar-refractivity contribution in [3.8, 4) is 0 Å². The summed E-state index contributed by atoms with van der Waals surface area (Å²) < 4.78 is 66.2. The Kier molecular flexibility index (Phi) is 6.43. The number of nitrogens with one attached hydrogen (secondary N) is 1. The van der Waals surface area contributed by atoms with Crippen molar-refractivity contribution in [2.75, 3.05) is 44.6 Å². The molecule has 5 nitrogen and oxygen atoms in total. The smallest absolute Gasteiger partial charge is 0.238 e. The molecule has 1 aliphatic rings. The van der Waals surface area contributed by atoms with E-state index in [9.17, 15) is 31.5 Å². The fraction of sp³-hybridized carbons (Fsp3) is 0.467. The molecule has 0 radical (unpaired) electrons. The molecule has 0 unspecified atom stereocenters. The Balaban J connectivity index is 1.95. The molecule has 138 valence electrons. The van der Waals surface area contributed by atoms with Crippen LogP contribution in [0.15, 0.2) is 0 Å². The molecule has 2 rings (SSSR count). The molecule has 0 saturated carbocycles. The van der Waals surface area contributed by atoms with Gasteiger partial charge in [-0.1, -0.05) is 0 Å². The highest BCUT2D eigenvalue weighted by Gasteiger charge is 2.27. The molecule has 0 atom stereocenters. The van der Waals surface area contributed by atoms with Crippen LogP contribution in [-0.2, 0) is 9.59 Å². The third-order valence-corrected chi connectivity index (χ3v) is 3.87. The van der Waals surface area contributed by atoms with Gasteiger partial charge in [0.1, 0.15) is 12.0 Å². The van der Waals surface area contributed by atoms with Crippen LogP contribution in [0.4, 0.5) is 27.6 Å². The van der Waals surface area contributed by atoms with Gasteiger partial charge in [-0.15, -0.1) is 0 Å². The molecule has 0 aromatic heterocycles. The van der Waals surface area contributed by atoms with E-state index in [1.54, 1.807) is 10.2 Å². The van der Waals surface area contributed by atoms with Crippen LogP contribution in [0.25, 0.3) is 0 Å². The van der Waals surface area contributed by atoms with Gasteiger partial charge < -0.3 is 15.0 Å². The third-order valence-electron chi connectivity index (χ3n) is 3.87. The average Bonchev–Trinajstić information content (AvgIpc) is 2.61. The van der Waals surface area contributed by atoms with Crippen LogP contribution in [-0.4, -0.2) is 61.3 Å². The van der Waals surface area contributed by atoms with Crippen LogP contribution in [0.1, 0.15) is 6.42 Å². The van der Waals surface area contributed by atoms with Crippen LogP contribution >= 0.6 is 0 Å². The summed E-state index contributed by atoms with van der Waals surface area (Å²) >= 11 is 0. The summed E-state index contributed by atoms with van der Waals surface area (Å²) in [6.07, 6.45) is 1.21. The molecule has 1 heterocycles. The van der Waals surface area contributed by atoms with Gasteiger partial charge in [0, 0.05) is 39.1 Å². The van der Waals surface area contributed by atoms with Crippen molar-refractivity contribution in [2.45, 2.75) is 6.42 Å². The van der Waals surface area contributed by atoms with Crippen molar-refractivity contribution in [3.05, 3.63) is 29.1 Å². The molecule has 1 saturated heterocycles. The van der Waals surface area contributed by atoms with Gasteiger partial charge in [0.15, 0.2) is 23.3 Å². The first kappa shape index (κ1) is 19.3. The maximum absolute atomic E-state index is 13.5. The van der Waals surface area contributed by atoms with Gasteiger partial charge in [-0.05, 0) is 0 Å². The molecule has 10 heteroatoms. The second-order valence-corrected chi connectivity index (χ2v) is 5.57. The highest BCUT2D eigenvalue weighted by molar-refractivity contribution is 5.92. The molecule has 1 aromatic carbocycles. The molecule has 1 aliphatic heterocycles. The lowest BCUT2D eigenvalue weighted by molar-refractivity contribution is -0.117. The second-order valence-electron chi connectivity index (χ2n) is 5.57. The quantitative estimate of drug-likeness (QED) is 0.360. The topological polar surface area (TPSA) is 52.7 Å². The lowest BCUT2D eigenvalue weighted by Gasteiger charge is -2.33. The lowest BCUT2D eigenvalue weighted by atomic mass is 10.2. The molecule has 1 N–H and O–H groups in total. The summed E-state index contributed by atoms with van der Waals surface area (Å²) in [6, 6.07) is 0. The summed E-state index contributed by atoms with van der Waals surface area (Å²) in [5.74, 6) is -11.5. The van der Waals surface area contributed by atoms with E-state index in [0.29, 0.717) is 39.1 Å². The van der Waals surface area contributed by atoms with Crippen molar-refractivity contribution in [1.82, 2.24) is 9.80 Å². The van der Waals surface area contributed by atoms with Gasteiger partial charge in [-0.25, -0.2) is 22.0 Å². The van der Waals surface area contributed by atoms with Gasteiger partial charge >= 0.3 is 0 Å². The van der Waals surface area contributed by atoms with Crippen LogP contribution in [0.3, 0.4) is 0 Å². The maximum Gasteiger partial charge on any atom is 0.238 e. The Morgan fingerprint density at radius 3 is 1.88 bits per heavy atom. The van der Waals surface area contributed by atoms with E-state index in [4.69, 9.17) is 0 Å². The van der Waals surface area contributed by atoms with E-state index in [2.05, 4.69) is 0 Å².